The number of anilines is 1. The van der Waals surface area contributed by atoms with Crippen molar-refractivity contribution >= 4 is 28.6 Å². The second kappa shape index (κ2) is 5.47. The lowest BCUT2D eigenvalue weighted by molar-refractivity contribution is 1.09. The fourth-order valence-corrected chi connectivity index (χ4v) is 2.86. The highest BCUT2D eigenvalue weighted by Crippen LogP contribution is 2.23. The first-order chi connectivity index (χ1) is 9.31. The van der Waals surface area contributed by atoms with Gasteiger partial charge in [0.05, 0.1) is 10.7 Å². The van der Waals surface area contributed by atoms with E-state index in [1.54, 1.807) is 17.5 Å². The summed E-state index contributed by atoms with van der Waals surface area (Å²) in [6.45, 7) is 0.782. The molecule has 2 aromatic heterocycles. The zero-order valence-electron chi connectivity index (χ0n) is 10.1. The van der Waals surface area contributed by atoms with Crippen LogP contribution in [0.3, 0.4) is 0 Å². The van der Waals surface area contributed by atoms with Gasteiger partial charge in [-0.15, -0.1) is 11.3 Å². The van der Waals surface area contributed by atoms with Gasteiger partial charge < -0.3 is 5.32 Å². The summed E-state index contributed by atoms with van der Waals surface area (Å²) in [6, 6.07) is 12.2. The van der Waals surface area contributed by atoms with Gasteiger partial charge in [-0.05, 0) is 24.3 Å². The van der Waals surface area contributed by atoms with Crippen molar-refractivity contribution in [3.05, 3.63) is 57.9 Å². The van der Waals surface area contributed by atoms with E-state index in [2.05, 4.69) is 33.7 Å². The van der Waals surface area contributed by atoms with E-state index >= 15 is 0 Å². The molecule has 3 rings (SSSR count). The SMILES string of the molecule is Clc1csc(CNc2cccc(-c3ccn[nH]3)c2)c1. The molecule has 2 N–H and O–H groups in total. The van der Waals surface area contributed by atoms with Crippen molar-refractivity contribution in [1.82, 2.24) is 10.2 Å². The third kappa shape index (κ3) is 2.97. The average molecular weight is 290 g/mol. The molecule has 0 aliphatic rings. The van der Waals surface area contributed by atoms with Crippen LogP contribution in [0, 0.1) is 0 Å². The summed E-state index contributed by atoms with van der Waals surface area (Å²) >= 11 is 7.57. The molecule has 0 aliphatic carbocycles. The third-order valence-corrected chi connectivity index (χ3v) is 4.05. The molecule has 0 saturated carbocycles. The van der Waals surface area contributed by atoms with Crippen molar-refractivity contribution in [2.45, 2.75) is 6.54 Å². The normalized spacial score (nSPS) is 10.6. The number of aromatic nitrogens is 2. The van der Waals surface area contributed by atoms with Crippen LogP contribution < -0.4 is 5.32 Å². The van der Waals surface area contributed by atoms with Crippen LogP contribution in [0.15, 0.2) is 48.0 Å². The lowest BCUT2D eigenvalue weighted by atomic mass is 10.1. The molecular weight excluding hydrogens is 278 g/mol. The molecule has 1 aromatic carbocycles. The molecule has 0 radical (unpaired) electrons. The highest BCUT2D eigenvalue weighted by Gasteiger charge is 2.01. The topological polar surface area (TPSA) is 40.7 Å². The van der Waals surface area contributed by atoms with Crippen LogP contribution in [0.4, 0.5) is 5.69 Å². The summed E-state index contributed by atoms with van der Waals surface area (Å²) in [5.74, 6) is 0. The summed E-state index contributed by atoms with van der Waals surface area (Å²) in [6.07, 6.45) is 1.75. The van der Waals surface area contributed by atoms with Crippen LogP contribution in [0.1, 0.15) is 4.88 Å². The Hall–Kier alpha value is -1.78. The minimum absolute atomic E-state index is 0.782. The van der Waals surface area contributed by atoms with E-state index in [0.717, 1.165) is 28.5 Å². The lowest BCUT2D eigenvalue weighted by Gasteiger charge is -2.06. The third-order valence-electron chi connectivity index (χ3n) is 2.76. The molecule has 3 nitrogen and oxygen atoms in total. The predicted molar refractivity (Wildman–Crippen MR) is 80.7 cm³/mol. The van der Waals surface area contributed by atoms with Crippen molar-refractivity contribution in [2.24, 2.45) is 0 Å². The molecule has 96 valence electrons. The van der Waals surface area contributed by atoms with Crippen LogP contribution in [-0.2, 0) is 6.54 Å². The van der Waals surface area contributed by atoms with Crippen molar-refractivity contribution in [3.8, 4) is 11.3 Å². The summed E-state index contributed by atoms with van der Waals surface area (Å²) in [7, 11) is 0. The van der Waals surface area contributed by atoms with Gasteiger partial charge in [0.2, 0.25) is 0 Å². The Kier molecular flexibility index (Phi) is 3.53. The number of nitrogens with one attached hydrogen (secondary N) is 2. The average Bonchev–Trinajstić information content (AvgIpc) is 3.08. The summed E-state index contributed by atoms with van der Waals surface area (Å²) in [5.41, 5.74) is 3.21. The van der Waals surface area contributed by atoms with E-state index in [0.29, 0.717) is 0 Å². The van der Waals surface area contributed by atoms with Gasteiger partial charge in [-0.1, -0.05) is 23.7 Å². The van der Waals surface area contributed by atoms with Gasteiger partial charge in [0.15, 0.2) is 0 Å². The summed E-state index contributed by atoms with van der Waals surface area (Å²) < 4.78 is 0. The highest BCUT2D eigenvalue weighted by atomic mass is 35.5. The van der Waals surface area contributed by atoms with E-state index in [1.807, 2.05) is 23.6 Å². The standard InChI is InChI=1S/C14H12ClN3S/c15-11-7-13(19-9-11)8-16-12-3-1-2-10(6-12)14-4-5-17-18-14/h1-7,9,16H,8H2,(H,17,18). The molecule has 0 saturated heterocycles. The molecule has 0 amide bonds. The minimum Gasteiger partial charge on any atom is -0.380 e. The van der Waals surface area contributed by atoms with Crippen molar-refractivity contribution in [1.29, 1.82) is 0 Å². The molecule has 0 atom stereocenters. The zero-order chi connectivity index (χ0) is 13.1. The Morgan fingerprint density at radius 2 is 2.21 bits per heavy atom. The number of aromatic amines is 1. The lowest BCUT2D eigenvalue weighted by Crippen LogP contribution is -1.97. The van der Waals surface area contributed by atoms with E-state index < -0.39 is 0 Å². The van der Waals surface area contributed by atoms with Crippen LogP contribution in [0.5, 0.6) is 0 Å². The Balaban J connectivity index is 1.73. The number of halogens is 1. The molecule has 2 heterocycles. The number of hydrogen-bond acceptors (Lipinski definition) is 3. The van der Waals surface area contributed by atoms with Crippen molar-refractivity contribution in [3.63, 3.8) is 0 Å². The van der Waals surface area contributed by atoms with Gasteiger partial charge in [0.1, 0.15) is 0 Å². The van der Waals surface area contributed by atoms with E-state index in [4.69, 9.17) is 11.6 Å². The molecule has 0 bridgehead atoms. The van der Waals surface area contributed by atoms with Gasteiger partial charge in [-0.2, -0.15) is 5.10 Å². The van der Waals surface area contributed by atoms with Crippen LogP contribution in [-0.4, -0.2) is 10.2 Å². The number of thiophene rings is 1. The van der Waals surface area contributed by atoms with Gasteiger partial charge >= 0.3 is 0 Å². The van der Waals surface area contributed by atoms with Gasteiger partial charge in [0, 0.05) is 34.2 Å². The highest BCUT2D eigenvalue weighted by molar-refractivity contribution is 7.10. The molecule has 5 heteroatoms. The van der Waals surface area contributed by atoms with E-state index in [1.165, 1.54) is 4.88 Å². The van der Waals surface area contributed by atoms with Crippen LogP contribution in [0.25, 0.3) is 11.3 Å². The fourth-order valence-electron chi connectivity index (χ4n) is 1.85. The zero-order valence-corrected chi connectivity index (χ0v) is 11.6. The van der Waals surface area contributed by atoms with Crippen LogP contribution >= 0.6 is 22.9 Å². The Bertz CT molecular complexity index is 661. The Morgan fingerprint density at radius 1 is 1.26 bits per heavy atom. The number of nitrogens with zero attached hydrogens (tertiary/aromatic N) is 1. The smallest absolute Gasteiger partial charge is 0.0650 e. The van der Waals surface area contributed by atoms with Gasteiger partial charge in [0.25, 0.3) is 0 Å². The second-order valence-electron chi connectivity index (χ2n) is 4.14. The maximum Gasteiger partial charge on any atom is 0.0650 e. The summed E-state index contributed by atoms with van der Waals surface area (Å²) in [4.78, 5) is 1.22. The predicted octanol–water partition coefficient (Wildman–Crippen LogP) is 4.40. The Labute approximate surface area is 120 Å². The largest absolute Gasteiger partial charge is 0.380 e. The monoisotopic (exact) mass is 289 g/mol. The number of rotatable bonds is 4. The second-order valence-corrected chi connectivity index (χ2v) is 5.57. The molecule has 3 aromatic rings. The number of H-pyrrole nitrogens is 1. The molecular formula is C14H12ClN3S. The first kappa shape index (κ1) is 12.3. The van der Waals surface area contributed by atoms with Gasteiger partial charge in [-0.25, -0.2) is 0 Å². The molecule has 0 unspecified atom stereocenters. The van der Waals surface area contributed by atoms with Crippen LogP contribution in [0.2, 0.25) is 5.02 Å². The van der Waals surface area contributed by atoms with E-state index in [-0.39, 0.29) is 0 Å². The number of benzene rings is 1. The molecule has 0 spiro atoms. The minimum atomic E-state index is 0.782. The maximum atomic E-state index is 5.91. The first-order valence-corrected chi connectivity index (χ1v) is 7.13. The number of hydrogen-bond donors (Lipinski definition) is 2. The van der Waals surface area contributed by atoms with Crippen molar-refractivity contribution in [2.75, 3.05) is 5.32 Å². The summed E-state index contributed by atoms with van der Waals surface area (Å²) in [5, 5.41) is 13.1. The van der Waals surface area contributed by atoms with Gasteiger partial charge in [-0.3, -0.25) is 5.10 Å². The maximum absolute atomic E-state index is 5.91. The Morgan fingerprint density at radius 3 is 2.95 bits per heavy atom. The fraction of sp³-hybridized carbons (Fsp3) is 0.0714. The van der Waals surface area contributed by atoms with E-state index in [9.17, 15) is 0 Å². The molecule has 0 aliphatic heterocycles. The molecule has 0 fully saturated rings. The molecule has 19 heavy (non-hydrogen) atoms. The first-order valence-electron chi connectivity index (χ1n) is 5.88. The quantitative estimate of drug-likeness (QED) is 0.747. The van der Waals surface area contributed by atoms with Crippen molar-refractivity contribution < 1.29 is 0 Å².